The van der Waals surface area contributed by atoms with Crippen molar-refractivity contribution in [2.24, 2.45) is 17.7 Å². The van der Waals surface area contributed by atoms with Crippen molar-refractivity contribution in [1.29, 1.82) is 0 Å². The number of rotatable bonds is 1. The summed E-state index contributed by atoms with van der Waals surface area (Å²) in [6.45, 7) is 2.32. The van der Waals surface area contributed by atoms with Gasteiger partial charge in [0.1, 0.15) is 0 Å². The molecule has 1 saturated carbocycles. The summed E-state index contributed by atoms with van der Waals surface area (Å²) in [6, 6.07) is 0.598. The summed E-state index contributed by atoms with van der Waals surface area (Å²) in [5.74, 6) is 7.04. The molecule has 2 atom stereocenters. The van der Waals surface area contributed by atoms with Crippen LogP contribution in [0.5, 0.6) is 0 Å². The fourth-order valence-corrected chi connectivity index (χ4v) is 2.36. The Kier molecular flexibility index (Phi) is 1.64. The van der Waals surface area contributed by atoms with Gasteiger partial charge in [0, 0.05) is 6.04 Å². The Bertz CT molecular complexity index is 110. The lowest BCUT2D eigenvalue weighted by Gasteiger charge is -2.29. The largest absolute Gasteiger partial charge is 0.316 e. The van der Waals surface area contributed by atoms with E-state index in [0.717, 1.165) is 24.9 Å². The van der Waals surface area contributed by atoms with E-state index in [1.807, 2.05) is 0 Å². The summed E-state index contributed by atoms with van der Waals surface area (Å²) in [6.07, 6.45) is 2.71. The SMILES string of the molecule is NNC1C2CCC1CNC2. The van der Waals surface area contributed by atoms with Crippen LogP contribution in [-0.2, 0) is 0 Å². The van der Waals surface area contributed by atoms with Gasteiger partial charge in [0.05, 0.1) is 0 Å². The average molecular weight is 141 g/mol. The molecule has 1 aliphatic carbocycles. The molecule has 0 amide bonds. The summed E-state index contributed by atoms with van der Waals surface area (Å²) >= 11 is 0. The molecule has 10 heavy (non-hydrogen) atoms. The second kappa shape index (κ2) is 2.49. The summed E-state index contributed by atoms with van der Waals surface area (Å²) in [5.41, 5.74) is 2.93. The lowest BCUT2D eigenvalue weighted by Crippen LogP contribution is -2.51. The van der Waals surface area contributed by atoms with Gasteiger partial charge in [-0.2, -0.15) is 0 Å². The molecular weight excluding hydrogens is 126 g/mol. The Morgan fingerprint density at radius 3 is 2.20 bits per heavy atom. The van der Waals surface area contributed by atoms with Gasteiger partial charge in [-0.15, -0.1) is 0 Å². The molecule has 1 heterocycles. The normalized spacial score (nSPS) is 45.9. The third kappa shape index (κ3) is 0.856. The van der Waals surface area contributed by atoms with Gasteiger partial charge in [0.2, 0.25) is 0 Å². The predicted molar refractivity (Wildman–Crippen MR) is 40.2 cm³/mol. The summed E-state index contributed by atoms with van der Waals surface area (Å²) in [4.78, 5) is 0. The van der Waals surface area contributed by atoms with Crippen molar-refractivity contribution in [1.82, 2.24) is 10.7 Å². The molecule has 2 rings (SSSR count). The Labute approximate surface area is 61.3 Å². The van der Waals surface area contributed by atoms with E-state index in [4.69, 9.17) is 5.84 Å². The van der Waals surface area contributed by atoms with Crippen LogP contribution in [0.4, 0.5) is 0 Å². The number of piperidine rings is 1. The molecule has 0 aromatic heterocycles. The van der Waals surface area contributed by atoms with E-state index in [2.05, 4.69) is 10.7 Å². The molecule has 2 unspecified atom stereocenters. The third-order valence-corrected chi connectivity index (χ3v) is 2.93. The maximum absolute atomic E-state index is 5.45. The molecule has 2 aliphatic rings. The van der Waals surface area contributed by atoms with Crippen molar-refractivity contribution in [3.05, 3.63) is 0 Å². The Hall–Kier alpha value is -0.120. The van der Waals surface area contributed by atoms with E-state index in [0.29, 0.717) is 6.04 Å². The summed E-state index contributed by atoms with van der Waals surface area (Å²) in [5, 5.41) is 3.42. The maximum Gasteiger partial charge on any atom is 0.0291 e. The van der Waals surface area contributed by atoms with Gasteiger partial charge in [-0.3, -0.25) is 11.3 Å². The minimum atomic E-state index is 0.598. The van der Waals surface area contributed by atoms with Crippen LogP contribution in [0.1, 0.15) is 12.8 Å². The summed E-state index contributed by atoms with van der Waals surface area (Å²) < 4.78 is 0. The van der Waals surface area contributed by atoms with Crippen molar-refractivity contribution in [3.8, 4) is 0 Å². The number of fused-ring (bicyclic) bond motifs is 2. The zero-order valence-electron chi connectivity index (χ0n) is 6.14. The molecule has 3 nitrogen and oxygen atoms in total. The minimum absolute atomic E-state index is 0.598. The third-order valence-electron chi connectivity index (χ3n) is 2.93. The van der Waals surface area contributed by atoms with E-state index in [1.54, 1.807) is 0 Å². The standard InChI is InChI=1S/C7H15N3/c8-10-7-5-1-2-6(7)4-9-3-5/h5-7,9-10H,1-4,8H2. The molecule has 3 heteroatoms. The highest BCUT2D eigenvalue weighted by Crippen LogP contribution is 2.32. The molecular formula is C7H15N3. The van der Waals surface area contributed by atoms with E-state index in [1.165, 1.54) is 12.8 Å². The maximum atomic E-state index is 5.45. The second-order valence-corrected chi connectivity index (χ2v) is 3.45. The number of hydrazine groups is 1. The molecule has 4 N–H and O–H groups in total. The van der Waals surface area contributed by atoms with Crippen LogP contribution in [-0.4, -0.2) is 19.1 Å². The van der Waals surface area contributed by atoms with Crippen LogP contribution in [0.3, 0.4) is 0 Å². The number of nitrogens with two attached hydrogens (primary N) is 1. The van der Waals surface area contributed by atoms with Gasteiger partial charge in [0.25, 0.3) is 0 Å². The first-order valence-electron chi connectivity index (χ1n) is 4.08. The molecule has 0 aromatic rings. The quantitative estimate of drug-likeness (QED) is 0.339. The Balaban J connectivity index is 2.06. The van der Waals surface area contributed by atoms with Crippen LogP contribution in [0, 0.1) is 11.8 Å². The van der Waals surface area contributed by atoms with Crippen LogP contribution in [0.2, 0.25) is 0 Å². The molecule has 2 fully saturated rings. The molecule has 58 valence electrons. The van der Waals surface area contributed by atoms with Crippen LogP contribution >= 0.6 is 0 Å². The van der Waals surface area contributed by atoms with E-state index >= 15 is 0 Å². The number of hydrogen-bond acceptors (Lipinski definition) is 3. The second-order valence-electron chi connectivity index (χ2n) is 3.45. The molecule has 0 spiro atoms. The smallest absolute Gasteiger partial charge is 0.0291 e. The van der Waals surface area contributed by atoms with Crippen molar-refractivity contribution >= 4 is 0 Å². The van der Waals surface area contributed by atoms with E-state index in [-0.39, 0.29) is 0 Å². The fraction of sp³-hybridized carbons (Fsp3) is 1.00. The average Bonchev–Trinajstić information content (AvgIpc) is 2.19. The summed E-state index contributed by atoms with van der Waals surface area (Å²) in [7, 11) is 0. The highest BCUT2D eigenvalue weighted by molar-refractivity contribution is 4.94. The first-order chi connectivity index (χ1) is 4.92. The molecule has 1 aliphatic heterocycles. The predicted octanol–water partition coefficient (Wildman–Crippen LogP) is -0.552. The molecule has 0 radical (unpaired) electrons. The van der Waals surface area contributed by atoms with E-state index < -0.39 is 0 Å². The van der Waals surface area contributed by atoms with Gasteiger partial charge in [-0.25, -0.2) is 0 Å². The first kappa shape index (κ1) is 6.58. The van der Waals surface area contributed by atoms with Crippen LogP contribution in [0.15, 0.2) is 0 Å². The topological polar surface area (TPSA) is 50.1 Å². The van der Waals surface area contributed by atoms with Gasteiger partial charge in [-0.05, 0) is 37.8 Å². The van der Waals surface area contributed by atoms with Crippen molar-refractivity contribution in [2.45, 2.75) is 18.9 Å². The van der Waals surface area contributed by atoms with Crippen LogP contribution < -0.4 is 16.6 Å². The highest BCUT2D eigenvalue weighted by atomic mass is 15.2. The van der Waals surface area contributed by atoms with Crippen molar-refractivity contribution in [3.63, 3.8) is 0 Å². The first-order valence-corrected chi connectivity index (χ1v) is 4.08. The Morgan fingerprint density at radius 1 is 1.20 bits per heavy atom. The minimum Gasteiger partial charge on any atom is -0.316 e. The number of nitrogens with one attached hydrogen (secondary N) is 2. The zero-order chi connectivity index (χ0) is 6.97. The Morgan fingerprint density at radius 2 is 1.80 bits per heavy atom. The van der Waals surface area contributed by atoms with Gasteiger partial charge >= 0.3 is 0 Å². The van der Waals surface area contributed by atoms with Gasteiger partial charge < -0.3 is 5.32 Å². The van der Waals surface area contributed by atoms with E-state index in [9.17, 15) is 0 Å². The van der Waals surface area contributed by atoms with Crippen molar-refractivity contribution < 1.29 is 0 Å². The van der Waals surface area contributed by atoms with Crippen LogP contribution in [0.25, 0.3) is 0 Å². The molecule has 2 bridgehead atoms. The van der Waals surface area contributed by atoms with Gasteiger partial charge in [-0.1, -0.05) is 0 Å². The van der Waals surface area contributed by atoms with Gasteiger partial charge in [0.15, 0.2) is 0 Å². The van der Waals surface area contributed by atoms with Crippen molar-refractivity contribution in [2.75, 3.05) is 13.1 Å². The molecule has 0 aromatic carbocycles. The monoisotopic (exact) mass is 141 g/mol. The zero-order valence-corrected chi connectivity index (χ0v) is 6.14. The highest BCUT2D eigenvalue weighted by Gasteiger charge is 2.37. The lowest BCUT2D eigenvalue weighted by atomic mass is 9.94. The molecule has 1 saturated heterocycles. The fourth-order valence-electron chi connectivity index (χ4n) is 2.36. The number of hydrogen-bond donors (Lipinski definition) is 3. The lowest BCUT2D eigenvalue weighted by molar-refractivity contribution is 0.275.